The summed E-state index contributed by atoms with van der Waals surface area (Å²) < 4.78 is 5.66. The first-order valence-corrected chi connectivity index (χ1v) is 5.57. The zero-order chi connectivity index (χ0) is 11.4. The minimum absolute atomic E-state index is 0.239. The SMILES string of the molecule is N=C(N)CCN1CCCOc2ccccc21. The molecule has 1 aliphatic rings. The van der Waals surface area contributed by atoms with Crippen molar-refractivity contribution in [3.8, 4) is 5.75 Å². The van der Waals surface area contributed by atoms with Crippen LogP contribution in [0.5, 0.6) is 5.75 Å². The number of fused-ring (bicyclic) bond motifs is 1. The molecule has 4 nitrogen and oxygen atoms in total. The van der Waals surface area contributed by atoms with Gasteiger partial charge in [-0.2, -0.15) is 0 Å². The molecule has 3 N–H and O–H groups in total. The van der Waals surface area contributed by atoms with Gasteiger partial charge in [0.25, 0.3) is 0 Å². The number of nitrogens with two attached hydrogens (primary N) is 1. The van der Waals surface area contributed by atoms with Crippen molar-refractivity contribution in [1.29, 1.82) is 5.41 Å². The molecule has 16 heavy (non-hydrogen) atoms. The lowest BCUT2D eigenvalue weighted by Crippen LogP contribution is -2.28. The molecular formula is C12H17N3O. The van der Waals surface area contributed by atoms with Crippen molar-refractivity contribution in [2.45, 2.75) is 12.8 Å². The Bertz CT molecular complexity index is 378. The van der Waals surface area contributed by atoms with Gasteiger partial charge in [0.15, 0.2) is 0 Å². The van der Waals surface area contributed by atoms with Crippen LogP contribution in [0.1, 0.15) is 12.8 Å². The van der Waals surface area contributed by atoms with Gasteiger partial charge in [0.1, 0.15) is 5.75 Å². The van der Waals surface area contributed by atoms with E-state index in [1.54, 1.807) is 0 Å². The van der Waals surface area contributed by atoms with E-state index < -0.39 is 0 Å². The number of para-hydroxylation sites is 2. The summed E-state index contributed by atoms with van der Waals surface area (Å²) in [6, 6.07) is 8.03. The Labute approximate surface area is 95.5 Å². The van der Waals surface area contributed by atoms with Gasteiger partial charge in [-0.3, -0.25) is 5.41 Å². The summed E-state index contributed by atoms with van der Waals surface area (Å²) in [5, 5.41) is 7.27. The van der Waals surface area contributed by atoms with Gasteiger partial charge in [-0.25, -0.2) is 0 Å². The highest BCUT2D eigenvalue weighted by atomic mass is 16.5. The van der Waals surface area contributed by atoms with E-state index in [4.69, 9.17) is 15.9 Å². The zero-order valence-corrected chi connectivity index (χ0v) is 9.28. The Morgan fingerprint density at radius 2 is 2.25 bits per heavy atom. The van der Waals surface area contributed by atoms with Crippen LogP contribution >= 0.6 is 0 Å². The molecule has 86 valence electrons. The predicted octanol–water partition coefficient (Wildman–Crippen LogP) is 1.60. The van der Waals surface area contributed by atoms with E-state index in [0.717, 1.165) is 37.6 Å². The molecule has 0 fully saturated rings. The molecule has 0 aromatic heterocycles. The molecule has 1 aromatic carbocycles. The molecule has 0 bridgehead atoms. The van der Waals surface area contributed by atoms with Gasteiger partial charge in [0, 0.05) is 19.5 Å². The standard InChI is InChI=1S/C12H17N3O/c13-12(14)6-8-15-7-3-9-16-11-5-2-1-4-10(11)15/h1-2,4-5H,3,6-9H2,(H3,13,14). The first-order chi connectivity index (χ1) is 7.77. The van der Waals surface area contributed by atoms with Gasteiger partial charge in [0.2, 0.25) is 0 Å². The summed E-state index contributed by atoms with van der Waals surface area (Å²) in [5.41, 5.74) is 6.51. The molecule has 0 saturated carbocycles. The highest BCUT2D eigenvalue weighted by molar-refractivity contribution is 5.77. The lowest BCUT2D eigenvalue weighted by atomic mass is 10.2. The maximum Gasteiger partial charge on any atom is 0.142 e. The lowest BCUT2D eigenvalue weighted by Gasteiger charge is -2.23. The van der Waals surface area contributed by atoms with Crippen LogP contribution < -0.4 is 15.4 Å². The smallest absolute Gasteiger partial charge is 0.142 e. The van der Waals surface area contributed by atoms with E-state index in [2.05, 4.69) is 11.0 Å². The van der Waals surface area contributed by atoms with Gasteiger partial charge >= 0.3 is 0 Å². The van der Waals surface area contributed by atoms with E-state index in [-0.39, 0.29) is 5.84 Å². The molecule has 0 aliphatic carbocycles. The third kappa shape index (κ3) is 2.45. The summed E-state index contributed by atoms with van der Waals surface area (Å²) in [7, 11) is 0. The summed E-state index contributed by atoms with van der Waals surface area (Å²) >= 11 is 0. The average molecular weight is 219 g/mol. The third-order valence-corrected chi connectivity index (χ3v) is 2.69. The number of nitrogens with zero attached hydrogens (tertiary/aromatic N) is 1. The second kappa shape index (κ2) is 4.88. The van der Waals surface area contributed by atoms with Crippen molar-refractivity contribution in [1.82, 2.24) is 0 Å². The number of nitrogens with one attached hydrogen (secondary N) is 1. The highest BCUT2D eigenvalue weighted by Gasteiger charge is 2.15. The van der Waals surface area contributed by atoms with Crippen LogP contribution in [0.3, 0.4) is 0 Å². The molecule has 0 spiro atoms. The minimum Gasteiger partial charge on any atom is -0.491 e. The molecule has 1 heterocycles. The number of hydrogen-bond acceptors (Lipinski definition) is 3. The van der Waals surface area contributed by atoms with Crippen LogP contribution in [-0.2, 0) is 0 Å². The Morgan fingerprint density at radius 1 is 1.44 bits per heavy atom. The lowest BCUT2D eigenvalue weighted by molar-refractivity contribution is 0.322. The number of amidine groups is 1. The van der Waals surface area contributed by atoms with Crippen LogP contribution in [-0.4, -0.2) is 25.5 Å². The third-order valence-electron chi connectivity index (χ3n) is 2.69. The number of rotatable bonds is 3. The van der Waals surface area contributed by atoms with Crippen LogP contribution in [0.25, 0.3) is 0 Å². The number of ether oxygens (including phenoxy) is 1. The van der Waals surface area contributed by atoms with Crippen molar-refractivity contribution in [3.63, 3.8) is 0 Å². The Hall–Kier alpha value is -1.71. The van der Waals surface area contributed by atoms with Crippen molar-refractivity contribution >= 4 is 11.5 Å². The number of benzene rings is 1. The van der Waals surface area contributed by atoms with Crippen LogP contribution in [0.4, 0.5) is 5.69 Å². The van der Waals surface area contributed by atoms with Gasteiger partial charge in [-0.1, -0.05) is 12.1 Å². The first-order valence-electron chi connectivity index (χ1n) is 5.57. The fourth-order valence-corrected chi connectivity index (χ4v) is 1.89. The molecule has 0 atom stereocenters. The van der Waals surface area contributed by atoms with Gasteiger partial charge in [0.05, 0.1) is 18.1 Å². The van der Waals surface area contributed by atoms with Crippen molar-refractivity contribution < 1.29 is 4.74 Å². The van der Waals surface area contributed by atoms with Crippen molar-refractivity contribution in [2.24, 2.45) is 5.73 Å². The monoisotopic (exact) mass is 219 g/mol. The number of hydrogen-bond donors (Lipinski definition) is 2. The molecule has 0 unspecified atom stereocenters. The summed E-state index contributed by atoms with van der Waals surface area (Å²) in [6.07, 6.45) is 1.61. The summed E-state index contributed by atoms with van der Waals surface area (Å²) in [6.45, 7) is 2.51. The second-order valence-electron chi connectivity index (χ2n) is 3.93. The Morgan fingerprint density at radius 3 is 3.06 bits per heavy atom. The predicted molar refractivity (Wildman–Crippen MR) is 65.3 cm³/mol. The van der Waals surface area contributed by atoms with E-state index >= 15 is 0 Å². The second-order valence-corrected chi connectivity index (χ2v) is 3.93. The Balaban J connectivity index is 2.15. The quantitative estimate of drug-likeness (QED) is 0.599. The largest absolute Gasteiger partial charge is 0.491 e. The van der Waals surface area contributed by atoms with Crippen LogP contribution in [0.15, 0.2) is 24.3 Å². The van der Waals surface area contributed by atoms with Crippen molar-refractivity contribution in [3.05, 3.63) is 24.3 Å². The topological polar surface area (TPSA) is 62.3 Å². The molecule has 1 aromatic rings. The number of anilines is 1. The molecule has 1 aliphatic heterocycles. The fourth-order valence-electron chi connectivity index (χ4n) is 1.89. The molecular weight excluding hydrogens is 202 g/mol. The molecule has 4 heteroatoms. The highest BCUT2D eigenvalue weighted by Crippen LogP contribution is 2.30. The first kappa shape index (κ1) is 10.8. The molecule has 0 amide bonds. The molecule has 0 saturated heterocycles. The maximum atomic E-state index is 7.27. The van der Waals surface area contributed by atoms with Gasteiger partial charge in [-0.05, 0) is 18.6 Å². The summed E-state index contributed by atoms with van der Waals surface area (Å²) in [4.78, 5) is 2.24. The van der Waals surface area contributed by atoms with E-state index in [1.807, 2.05) is 18.2 Å². The maximum absolute atomic E-state index is 7.27. The van der Waals surface area contributed by atoms with Crippen LogP contribution in [0, 0.1) is 5.41 Å². The van der Waals surface area contributed by atoms with Gasteiger partial charge < -0.3 is 15.4 Å². The van der Waals surface area contributed by atoms with Crippen LogP contribution in [0.2, 0.25) is 0 Å². The molecule has 0 radical (unpaired) electrons. The Kier molecular flexibility index (Phi) is 3.29. The van der Waals surface area contributed by atoms with Gasteiger partial charge in [-0.15, -0.1) is 0 Å². The average Bonchev–Trinajstić information content (AvgIpc) is 2.48. The van der Waals surface area contributed by atoms with E-state index in [0.29, 0.717) is 6.42 Å². The summed E-state index contributed by atoms with van der Waals surface area (Å²) in [5.74, 6) is 1.17. The minimum atomic E-state index is 0.239. The van der Waals surface area contributed by atoms with E-state index in [1.165, 1.54) is 0 Å². The van der Waals surface area contributed by atoms with E-state index in [9.17, 15) is 0 Å². The fraction of sp³-hybridized carbons (Fsp3) is 0.417. The zero-order valence-electron chi connectivity index (χ0n) is 9.28. The van der Waals surface area contributed by atoms with Crippen molar-refractivity contribution in [2.75, 3.05) is 24.6 Å². The normalized spacial score (nSPS) is 14.9. The molecule has 2 rings (SSSR count).